The van der Waals surface area contributed by atoms with Gasteiger partial charge in [-0.25, -0.2) is 0 Å². The standard InChI is InChI=1S/C22H31NO5/c1-4-28-22(27)19(13-9-8-10-16(2)24)20(15-14-17(3)25)23-21(26)18-11-6-5-7-12-18/h5-7,11-12,19-20H,4,8-10,13-15H2,1-3H3,(H,23,26)/t19-,20+/m1/s1. The molecule has 0 spiro atoms. The van der Waals surface area contributed by atoms with E-state index in [1.807, 2.05) is 6.07 Å². The summed E-state index contributed by atoms with van der Waals surface area (Å²) in [6.45, 7) is 5.01. The van der Waals surface area contributed by atoms with Crippen LogP contribution in [0, 0.1) is 5.92 Å². The number of benzene rings is 1. The van der Waals surface area contributed by atoms with Crippen molar-refractivity contribution in [2.75, 3.05) is 6.61 Å². The Balaban J connectivity index is 2.93. The van der Waals surface area contributed by atoms with Crippen LogP contribution in [0.4, 0.5) is 0 Å². The third-order valence-corrected chi connectivity index (χ3v) is 4.53. The molecule has 0 unspecified atom stereocenters. The summed E-state index contributed by atoms with van der Waals surface area (Å²) in [6, 6.07) is 8.25. The third kappa shape index (κ3) is 8.93. The summed E-state index contributed by atoms with van der Waals surface area (Å²) < 4.78 is 5.22. The molecule has 28 heavy (non-hydrogen) atoms. The summed E-state index contributed by atoms with van der Waals surface area (Å²) >= 11 is 0. The molecule has 1 rings (SSSR count). The largest absolute Gasteiger partial charge is 0.466 e. The molecule has 0 aliphatic heterocycles. The van der Waals surface area contributed by atoms with E-state index in [0.717, 1.165) is 0 Å². The van der Waals surface area contributed by atoms with Crippen LogP contribution in [0.25, 0.3) is 0 Å². The minimum absolute atomic E-state index is 0.00171. The predicted molar refractivity (Wildman–Crippen MR) is 107 cm³/mol. The van der Waals surface area contributed by atoms with Crippen LogP contribution in [-0.2, 0) is 19.1 Å². The zero-order valence-electron chi connectivity index (χ0n) is 17.0. The van der Waals surface area contributed by atoms with Crippen molar-refractivity contribution in [2.24, 2.45) is 5.92 Å². The van der Waals surface area contributed by atoms with Crippen molar-refractivity contribution in [3.05, 3.63) is 35.9 Å². The topological polar surface area (TPSA) is 89.5 Å². The van der Waals surface area contributed by atoms with E-state index < -0.39 is 12.0 Å². The van der Waals surface area contributed by atoms with E-state index in [2.05, 4.69) is 5.32 Å². The Kier molecular flexibility index (Phi) is 10.8. The summed E-state index contributed by atoms with van der Waals surface area (Å²) in [7, 11) is 0. The lowest BCUT2D eigenvalue weighted by molar-refractivity contribution is -0.149. The van der Waals surface area contributed by atoms with Gasteiger partial charge in [0.1, 0.15) is 11.6 Å². The number of nitrogens with one attached hydrogen (secondary N) is 1. The molecule has 0 aliphatic rings. The molecule has 1 N–H and O–H groups in total. The van der Waals surface area contributed by atoms with E-state index >= 15 is 0 Å². The third-order valence-electron chi connectivity index (χ3n) is 4.53. The lowest BCUT2D eigenvalue weighted by Gasteiger charge is -2.26. The zero-order valence-corrected chi connectivity index (χ0v) is 17.0. The first kappa shape index (κ1) is 23.5. The van der Waals surface area contributed by atoms with Gasteiger partial charge in [0.2, 0.25) is 0 Å². The van der Waals surface area contributed by atoms with Gasteiger partial charge in [-0.15, -0.1) is 0 Å². The normalized spacial score (nSPS) is 12.7. The van der Waals surface area contributed by atoms with Crippen molar-refractivity contribution in [2.45, 2.75) is 65.3 Å². The molecule has 154 valence electrons. The fourth-order valence-electron chi connectivity index (χ4n) is 3.04. The molecule has 1 aromatic carbocycles. The molecule has 0 heterocycles. The van der Waals surface area contributed by atoms with E-state index in [1.54, 1.807) is 38.1 Å². The fourth-order valence-corrected chi connectivity index (χ4v) is 3.04. The number of carbonyl (C=O) groups is 4. The van der Waals surface area contributed by atoms with E-state index in [-0.39, 0.29) is 36.5 Å². The Bertz CT molecular complexity index is 656. The summed E-state index contributed by atoms with van der Waals surface area (Å²) in [5.74, 6) is -1.12. The van der Waals surface area contributed by atoms with E-state index in [1.165, 1.54) is 6.92 Å². The zero-order chi connectivity index (χ0) is 20.9. The number of hydrogen-bond donors (Lipinski definition) is 1. The van der Waals surface area contributed by atoms with Crippen molar-refractivity contribution in [3.63, 3.8) is 0 Å². The van der Waals surface area contributed by atoms with E-state index in [4.69, 9.17) is 4.74 Å². The molecule has 0 radical (unpaired) electrons. The van der Waals surface area contributed by atoms with Gasteiger partial charge < -0.3 is 19.6 Å². The molecule has 0 fully saturated rings. The fraction of sp³-hybridized carbons (Fsp3) is 0.545. The number of ketones is 2. The van der Waals surface area contributed by atoms with Crippen LogP contribution in [0.15, 0.2) is 30.3 Å². The van der Waals surface area contributed by atoms with E-state index in [0.29, 0.717) is 37.7 Å². The number of hydrogen-bond acceptors (Lipinski definition) is 5. The summed E-state index contributed by atoms with van der Waals surface area (Å²) in [6.07, 6.45) is 2.93. The lowest BCUT2D eigenvalue weighted by atomic mass is 9.89. The average molecular weight is 389 g/mol. The highest BCUT2D eigenvalue weighted by atomic mass is 16.5. The molecule has 6 heteroatoms. The number of ether oxygens (including phenoxy) is 1. The Labute approximate surface area is 167 Å². The molecule has 0 saturated carbocycles. The maximum atomic E-state index is 12.6. The van der Waals surface area contributed by atoms with Gasteiger partial charge in [0.05, 0.1) is 12.5 Å². The number of rotatable bonds is 13. The first-order valence-corrected chi connectivity index (χ1v) is 9.86. The van der Waals surface area contributed by atoms with Crippen molar-refractivity contribution in [3.8, 4) is 0 Å². The molecule has 0 aromatic heterocycles. The van der Waals surface area contributed by atoms with E-state index in [9.17, 15) is 19.2 Å². The van der Waals surface area contributed by atoms with Crippen molar-refractivity contribution >= 4 is 23.4 Å². The van der Waals surface area contributed by atoms with Crippen LogP contribution in [0.1, 0.15) is 69.7 Å². The first-order valence-electron chi connectivity index (χ1n) is 9.86. The van der Waals surface area contributed by atoms with Gasteiger partial charge in [-0.1, -0.05) is 24.6 Å². The van der Waals surface area contributed by atoms with Crippen molar-refractivity contribution in [1.29, 1.82) is 0 Å². The SMILES string of the molecule is CCOC(=O)[C@H](CCCCC(C)=O)[C@H](CCC(C)=O)NC(=O)c1ccccc1. The van der Waals surface area contributed by atoms with Gasteiger partial charge in [0, 0.05) is 24.4 Å². The molecule has 0 bridgehead atoms. The lowest BCUT2D eigenvalue weighted by Crippen LogP contribution is -2.44. The second kappa shape index (κ2) is 12.8. The Hall–Kier alpha value is -2.50. The molecule has 1 aromatic rings. The Morgan fingerprint density at radius 1 is 0.929 bits per heavy atom. The second-order valence-electron chi connectivity index (χ2n) is 6.99. The number of esters is 1. The molecule has 0 saturated heterocycles. The monoisotopic (exact) mass is 389 g/mol. The van der Waals surface area contributed by atoms with Gasteiger partial charge in [-0.05, 0) is 52.2 Å². The predicted octanol–water partition coefficient (Wildman–Crippen LogP) is 3.48. The number of Topliss-reactive ketones (excluding diaryl/α,β-unsaturated/α-hetero) is 2. The molecular weight excluding hydrogens is 358 g/mol. The highest BCUT2D eigenvalue weighted by Crippen LogP contribution is 2.21. The van der Waals surface area contributed by atoms with Gasteiger partial charge in [-0.3, -0.25) is 9.59 Å². The maximum absolute atomic E-state index is 12.6. The smallest absolute Gasteiger partial charge is 0.311 e. The van der Waals surface area contributed by atoms with Crippen molar-refractivity contribution in [1.82, 2.24) is 5.32 Å². The van der Waals surface area contributed by atoms with Crippen LogP contribution in [0.3, 0.4) is 0 Å². The number of carbonyl (C=O) groups excluding carboxylic acids is 4. The number of amides is 1. The first-order chi connectivity index (χ1) is 13.3. The Morgan fingerprint density at radius 3 is 2.14 bits per heavy atom. The van der Waals surface area contributed by atoms with Gasteiger partial charge >= 0.3 is 5.97 Å². The summed E-state index contributed by atoms with van der Waals surface area (Å²) in [4.78, 5) is 47.8. The van der Waals surface area contributed by atoms with Crippen LogP contribution < -0.4 is 5.32 Å². The van der Waals surface area contributed by atoms with Crippen LogP contribution in [-0.4, -0.2) is 36.1 Å². The van der Waals surface area contributed by atoms with Crippen LogP contribution in [0.5, 0.6) is 0 Å². The van der Waals surface area contributed by atoms with Crippen LogP contribution in [0.2, 0.25) is 0 Å². The molecule has 1 amide bonds. The molecular formula is C22H31NO5. The second-order valence-corrected chi connectivity index (χ2v) is 6.99. The molecule has 0 aliphatic carbocycles. The number of unbranched alkanes of at least 4 members (excludes halogenated alkanes) is 1. The summed E-state index contributed by atoms with van der Waals surface area (Å²) in [5, 5.41) is 2.92. The minimum Gasteiger partial charge on any atom is -0.466 e. The quantitative estimate of drug-likeness (QED) is 0.412. The average Bonchev–Trinajstić information content (AvgIpc) is 2.65. The van der Waals surface area contributed by atoms with Gasteiger partial charge in [-0.2, -0.15) is 0 Å². The molecule has 6 nitrogen and oxygen atoms in total. The van der Waals surface area contributed by atoms with Crippen LogP contribution >= 0.6 is 0 Å². The van der Waals surface area contributed by atoms with Crippen molar-refractivity contribution < 1.29 is 23.9 Å². The highest BCUT2D eigenvalue weighted by Gasteiger charge is 2.30. The summed E-state index contributed by atoms with van der Waals surface area (Å²) in [5.41, 5.74) is 0.495. The van der Waals surface area contributed by atoms with Gasteiger partial charge in [0.15, 0.2) is 0 Å². The minimum atomic E-state index is -0.557. The highest BCUT2D eigenvalue weighted by molar-refractivity contribution is 5.94. The Morgan fingerprint density at radius 2 is 1.57 bits per heavy atom. The van der Waals surface area contributed by atoms with Gasteiger partial charge in [0.25, 0.3) is 5.91 Å². The maximum Gasteiger partial charge on any atom is 0.311 e. The molecule has 2 atom stereocenters.